The van der Waals surface area contributed by atoms with Gasteiger partial charge in [0.1, 0.15) is 12.4 Å². The van der Waals surface area contributed by atoms with Gasteiger partial charge in [-0.3, -0.25) is 0 Å². The average Bonchev–Trinajstić information content (AvgIpc) is 3.10. The first-order chi connectivity index (χ1) is 12.8. The molecule has 1 N–H and O–H groups in total. The molecular formula is C21H33N3O2. The second-order valence-corrected chi connectivity index (χ2v) is 7.36. The minimum Gasteiger partial charge on any atom is -0.491 e. The molecule has 2 atom stereocenters. The summed E-state index contributed by atoms with van der Waals surface area (Å²) in [4.78, 5) is 7.38. The van der Waals surface area contributed by atoms with Crippen LogP contribution in [0.4, 0.5) is 0 Å². The molecule has 1 aromatic carbocycles. The third-order valence-corrected chi connectivity index (χ3v) is 5.50. The van der Waals surface area contributed by atoms with Crippen LogP contribution in [0.3, 0.4) is 0 Å². The van der Waals surface area contributed by atoms with E-state index < -0.39 is 0 Å². The molecule has 26 heavy (non-hydrogen) atoms. The average molecular weight is 360 g/mol. The first kappa shape index (κ1) is 19.0. The summed E-state index contributed by atoms with van der Waals surface area (Å²) in [6, 6.07) is 8.22. The molecule has 1 saturated carbocycles. The number of aliphatic imine (C=N–C) groups is 1. The summed E-state index contributed by atoms with van der Waals surface area (Å²) in [6.07, 6.45) is 5.60. The predicted molar refractivity (Wildman–Crippen MR) is 106 cm³/mol. The summed E-state index contributed by atoms with van der Waals surface area (Å²) in [6.45, 7) is 7.28. The maximum absolute atomic E-state index is 5.62. The molecule has 2 unspecified atom stereocenters. The number of nitrogens with zero attached hydrogens (tertiary/aromatic N) is 2. The number of nitrogens with one attached hydrogen (secondary N) is 1. The smallest absolute Gasteiger partial charge is 0.194 e. The molecular weight excluding hydrogens is 326 g/mol. The van der Waals surface area contributed by atoms with Crippen molar-refractivity contribution in [2.45, 2.75) is 39.2 Å². The van der Waals surface area contributed by atoms with Gasteiger partial charge >= 0.3 is 0 Å². The Hall–Kier alpha value is -1.75. The highest BCUT2D eigenvalue weighted by atomic mass is 16.5. The van der Waals surface area contributed by atoms with Gasteiger partial charge in [0.2, 0.25) is 0 Å². The number of guanidine groups is 1. The van der Waals surface area contributed by atoms with E-state index in [0.717, 1.165) is 30.1 Å². The first-order valence-electron chi connectivity index (χ1n) is 10.0. The summed E-state index contributed by atoms with van der Waals surface area (Å²) >= 11 is 0. The molecule has 0 aromatic heterocycles. The van der Waals surface area contributed by atoms with Crippen LogP contribution in [0, 0.1) is 11.8 Å². The van der Waals surface area contributed by atoms with Crippen LogP contribution in [0.2, 0.25) is 0 Å². The molecule has 0 spiro atoms. The lowest BCUT2D eigenvalue weighted by Crippen LogP contribution is -2.40. The van der Waals surface area contributed by atoms with Crippen molar-refractivity contribution in [1.29, 1.82) is 0 Å². The summed E-state index contributed by atoms with van der Waals surface area (Å²) in [5.74, 6) is 3.69. The van der Waals surface area contributed by atoms with Crippen LogP contribution in [0.15, 0.2) is 29.3 Å². The number of benzene rings is 1. The maximum atomic E-state index is 5.62. The number of hydrogen-bond donors (Lipinski definition) is 1. The SMILES string of the molecule is CCNC(=NCc1ccc(OCCOC)cc1)N1CC2CCCCC2C1. The lowest BCUT2D eigenvalue weighted by Gasteiger charge is -2.22. The fourth-order valence-corrected chi connectivity index (χ4v) is 4.10. The molecule has 1 saturated heterocycles. The van der Waals surface area contributed by atoms with Gasteiger partial charge in [-0.15, -0.1) is 0 Å². The zero-order valence-electron chi connectivity index (χ0n) is 16.2. The zero-order chi connectivity index (χ0) is 18.2. The van der Waals surface area contributed by atoms with Crippen molar-refractivity contribution in [1.82, 2.24) is 10.2 Å². The fraction of sp³-hybridized carbons (Fsp3) is 0.667. The Balaban J connectivity index is 1.57. The highest BCUT2D eigenvalue weighted by Crippen LogP contribution is 2.36. The molecule has 1 aromatic rings. The molecule has 0 radical (unpaired) electrons. The predicted octanol–water partition coefficient (Wildman–Crippen LogP) is 3.30. The first-order valence-corrected chi connectivity index (χ1v) is 10.0. The molecule has 1 aliphatic heterocycles. The van der Waals surface area contributed by atoms with E-state index in [1.165, 1.54) is 44.3 Å². The van der Waals surface area contributed by atoms with Gasteiger partial charge in [-0.25, -0.2) is 4.99 Å². The largest absolute Gasteiger partial charge is 0.491 e. The molecule has 0 bridgehead atoms. The molecule has 0 amide bonds. The van der Waals surface area contributed by atoms with E-state index >= 15 is 0 Å². The second kappa shape index (κ2) is 9.81. The van der Waals surface area contributed by atoms with Crippen LogP contribution in [0.5, 0.6) is 5.75 Å². The van der Waals surface area contributed by atoms with Gasteiger partial charge in [-0.1, -0.05) is 25.0 Å². The van der Waals surface area contributed by atoms with Crippen molar-refractivity contribution >= 4 is 5.96 Å². The summed E-state index contributed by atoms with van der Waals surface area (Å²) in [7, 11) is 1.68. The number of likely N-dealkylation sites (tertiary alicyclic amines) is 1. The standard InChI is InChI=1S/C21H33N3O2/c1-3-22-21(24-15-18-6-4-5-7-19(18)16-24)23-14-17-8-10-20(11-9-17)26-13-12-25-2/h8-11,18-19H,3-7,12-16H2,1-2H3,(H,22,23). The maximum Gasteiger partial charge on any atom is 0.194 e. The second-order valence-electron chi connectivity index (χ2n) is 7.36. The highest BCUT2D eigenvalue weighted by molar-refractivity contribution is 5.80. The zero-order valence-corrected chi connectivity index (χ0v) is 16.2. The normalized spacial score (nSPS) is 23.0. The van der Waals surface area contributed by atoms with Gasteiger partial charge < -0.3 is 19.7 Å². The lowest BCUT2D eigenvalue weighted by molar-refractivity contribution is 0.146. The number of fused-ring (bicyclic) bond motifs is 1. The number of hydrogen-bond acceptors (Lipinski definition) is 3. The quantitative estimate of drug-likeness (QED) is 0.461. The van der Waals surface area contributed by atoms with E-state index in [1.807, 2.05) is 12.1 Å². The van der Waals surface area contributed by atoms with Crippen LogP contribution in [0.25, 0.3) is 0 Å². The van der Waals surface area contributed by atoms with Gasteiger partial charge in [-0.2, -0.15) is 0 Å². The molecule has 3 rings (SSSR count). The van der Waals surface area contributed by atoms with Gasteiger partial charge in [0.25, 0.3) is 0 Å². The van der Waals surface area contributed by atoms with Gasteiger partial charge in [0.15, 0.2) is 5.96 Å². The van der Waals surface area contributed by atoms with E-state index in [9.17, 15) is 0 Å². The van der Waals surface area contributed by atoms with E-state index in [2.05, 4.69) is 29.3 Å². The fourth-order valence-electron chi connectivity index (χ4n) is 4.10. The van der Waals surface area contributed by atoms with Gasteiger partial charge in [0.05, 0.1) is 13.2 Å². The van der Waals surface area contributed by atoms with Crippen LogP contribution < -0.4 is 10.1 Å². The molecule has 1 heterocycles. The van der Waals surface area contributed by atoms with E-state index in [1.54, 1.807) is 7.11 Å². The van der Waals surface area contributed by atoms with Crippen molar-refractivity contribution in [3.05, 3.63) is 29.8 Å². The van der Waals surface area contributed by atoms with Crippen LogP contribution in [-0.2, 0) is 11.3 Å². The molecule has 144 valence electrons. The van der Waals surface area contributed by atoms with Crippen LogP contribution in [0.1, 0.15) is 38.2 Å². The third kappa shape index (κ3) is 5.13. The van der Waals surface area contributed by atoms with E-state index in [-0.39, 0.29) is 0 Å². The number of methoxy groups -OCH3 is 1. The Labute approximate surface area is 157 Å². The van der Waals surface area contributed by atoms with Gasteiger partial charge in [-0.05, 0) is 49.3 Å². The summed E-state index contributed by atoms with van der Waals surface area (Å²) in [5, 5.41) is 3.49. The Morgan fingerprint density at radius 1 is 1.12 bits per heavy atom. The van der Waals surface area contributed by atoms with E-state index in [4.69, 9.17) is 14.5 Å². The van der Waals surface area contributed by atoms with E-state index in [0.29, 0.717) is 19.8 Å². The Morgan fingerprint density at radius 3 is 2.42 bits per heavy atom. The number of ether oxygens (including phenoxy) is 2. The van der Waals surface area contributed by atoms with Crippen molar-refractivity contribution in [3.8, 4) is 5.75 Å². The van der Waals surface area contributed by atoms with Crippen LogP contribution in [-0.4, -0.2) is 50.8 Å². The van der Waals surface area contributed by atoms with Crippen LogP contribution >= 0.6 is 0 Å². The Kier molecular flexibility index (Phi) is 7.18. The Morgan fingerprint density at radius 2 is 1.81 bits per heavy atom. The monoisotopic (exact) mass is 359 g/mol. The molecule has 2 aliphatic rings. The topological polar surface area (TPSA) is 46.1 Å². The third-order valence-electron chi connectivity index (χ3n) is 5.50. The molecule has 2 fully saturated rings. The molecule has 5 nitrogen and oxygen atoms in total. The molecule has 1 aliphatic carbocycles. The van der Waals surface area contributed by atoms with Crippen molar-refractivity contribution in [2.24, 2.45) is 16.8 Å². The van der Waals surface area contributed by atoms with Crippen molar-refractivity contribution < 1.29 is 9.47 Å². The Bertz CT molecular complexity index is 559. The lowest BCUT2D eigenvalue weighted by atomic mass is 9.82. The minimum absolute atomic E-state index is 0.579. The highest BCUT2D eigenvalue weighted by Gasteiger charge is 2.35. The summed E-state index contributed by atoms with van der Waals surface area (Å²) in [5.41, 5.74) is 1.20. The van der Waals surface area contributed by atoms with Crippen molar-refractivity contribution in [3.63, 3.8) is 0 Å². The molecule has 5 heteroatoms. The van der Waals surface area contributed by atoms with Gasteiger partial charge in [0, 0.05) is 26.7 Å². The number of rotatable bonds is 7. The van der Waals surface area contributed by atoms with Crippen molar-refractivity contribution in [2.75, 3.05) is 40.0 Å². The minimum atomic E-state index is 0.579. The summed E-state index contributed by atoms with van der Waals surface area (Å²) < 4.78 is 10.6.